The highest BCUT2D eigenvalue weighted by atomic mass is 16.3. The Balaban J connectivity index is 1.70. The number of nitrogens with one attached hydrogen (secondary N) is 1. The van der Waals surface area contributed by atoms with Crippen LogP contribution in [0.5, 0.6) is 0 Å². The molecule has 0 saturated carbocycles. The minimum Gasteiger partial charge on any atom is -0.469 e. The first-order chi connectivity index (χ1) is 10.3. The van der Waals surface area contributed by atoms with Crippen molar-refractivity contribution in [2.75, 3.05) is 0 Å². The average molecular weight is 283 g/mol. The van der Waals surface area contributed by atoms with Crippen LogP contribution in [0.25, 0.3) is 11.0 Å². The number of hydrogen-bond acceptors (Lipinski definition) is 3. The topological polar surface area (TPSA) is 43.0 Å². The van der Waals surface area contributed by atoms with E-state index >= 15 is 0 Å². The normalized spacial score (nSPS) is 12.9. The van der Waals surface area contributed by atoms with Crippen molar-refractivity contribution in [3.05, 3.63) is 54.2 Å². The van der Waals surface area contributed by atoms with E-state index < -0.39 is 0 Å². The summed E-state index contributed by atoms with van der Waals surface area (Å²) >= 11 is 0. The molecule has 2 aromatic heterocycles. The van der Waals surface area contributed by atoms with Crippen LogP contribution in [0.2, 0.25) is 0 Å². The first-order valence-corrected chi connectivity index (χ1v) is 7.48. The zero-order valence-corrected chi connectivity index (χ0v) is 12.5. The Labute approximate surface area is 124 Å². The number of aromatic nitrogens is 2. The minimum atomic E-state index is 0.348. The summed E-state index contributed by atoms with van der Waals surface area (Å²) in [5.74, 6) is 2.10. The standard InChI is InChI=1S/C17H21N3O/c1-3-20-16-9-5-4-8-15(16)19-17(20)12-18-13(2)11-14-7-6-10-21-14/h4-10,13,18H,3,11-12H2,1-2H3/t13-/m1/s1. The SMILES string of the molecule is CCn1c(CN[C@H](C)Cc2ccco2)nc2ccccc21. The van der Waals surface area contributed by atoms with Crippen LogP contribution < -0.4 is 5.32 Å². The average Bonchev–Trinajstić information content (AvgIpc) is 3.11. The van der Waals surface area contributed by atoms with E-state index in [0.717, 1.165) is 36.6 Å². The second-order valence-corrected chi connectivity index (χ2v) is 5.33. The Kier molecular flexibility index (Phi) is 4.06. The summed E-state index contributed by atoms with van der Waals surface area (Å²) in [5.41, 5.74) is 2.27. The molecule has 110 valence electrons. The maximum atomic E-state index is 5.39. The van der Waals surface area contributed by atoms with Gasteiger partial charge in [-0.15, -0.1) is 0 Å². The number of rotatable bonds is 6. The third kappa shape index (κ3) is 3.00. The number of nitrogens with zero attached hydrogens (tertiary/aromatic N) is 2. The number of imidazole rings is 1. The molecule has 4 heteroatoms. The van der Waals surface area contributed by atoms with Gasteiger partial charge in [-0.05, 0) is 38.1 Å². The Bertz CT molecular complexity index is 700. The molecule has 0 amide bonds. The summed E-state index contributed by atoms with van der Waals surface area (Å²) in [6.07, 6.45) is 2.61. The molecule has 0 aliphatic heterocycles. The van der Waals surface area contributed by atoms with Gasteiger partial charge in [0.2, 0.25) is 0 Å². The largest absolute Gasteiger partial charge is 0.469 e. The molecule has 2 heterocycles. The molecule has 0 aliphatic carbocycles. The molecule has 4 nitrogen and oxygen atoms in total. The number of hydrogen-bond donors (Lipinski definition) is 1. The zero-order valence-electron chi connectivity index (χ0n) is 12.5. The summed E-state index contributed by atoms with van der Waals surface area (Å²) in [4.78, 5) is 4.73. The smallest absolute Gasteiger partial charge is 0.123 e. The highest BCUT2D eigenvalue weighted by Crippen LogP contribution is 2.16. The molecule has 0 bridgehead atoms. The van der Waals surface area contributed by atoms with E-state index in [1.54, 1.807) is 6.26 Å². The van der Waals surface area contributed by atoms with Crippen molar-refractivity contribution in [2.24, 2.45) is 0 Å². The lowest BCUT2D eigenvalue weighted by Crippen LogP contribution is -2.28. The van der Waals surface area contributed by atoms with Crippen molar-refractivity contribution in [2.45, 2.75) is 39.4 Å². The lowest BCUT2D eigenvalue weighted by molar-refractivity contribution is 0.450. The van der Waals surface area contributed by atoms with Crippen molar-refractivity contribution >= 4 is 11.0 Å². The zero-order chi connectivity index (χ0) is 14.7. The van der Waals surface area contributed by atoms with Gasteiger partial charge >= 0.3 is 0 Å². The maximum Gasteiger partial charge on any atom is 0.123 e. The number of furan rings is 1. The van der Waals surface area contributed by atoms with Crippen LogP contribution in [0.1, 0.15) is 25.4 Å². The lowest BCUT2D eigenvalue weighted by Gasteiger charge is -2.13. The molecular weight excluding hydrogens is 262 g/mol. The fourth-order valence-electron chi connectivity index (χ4n) is 2.68. The van der Waals surface area contributed by atoms with E-state index in [9.17, 15) is 0 Å². The van der Waals surface area contributed by atoms with E-state index in [4.69, 9.17) is 9.40 Å². The van der Waals surface area contributed by atoms with Crippen LogP contribution in [0.3, 0.4) is 0 Å². The molecule has 1 atom stereocenters. The minimum absolute atomic E-state index is 0.348. The molecule has 3 rings (SSSR count). The van der Waals surface area contributed by atoms with Crippen LogP contribution in [-0.4, -0.2) is 15.6 Å². The van der Waals surface area contributed by atoms with Crippen LogP contribution in [-0.2, 0) is 19.5 Å². The predicted molar refractivity (Wildman–Crippen MR) is 84.1 cm³/mol. The molecule has 0 saturated heterocycles. The molecule has 0 spiro atoms. The van der Waals surface area contributed by atoms with E-state index in [0.29, 0.717) is 6.04 Å². The van der Waals surface area contributed by atoms with Gasteiger partial charge in [-0.25, -0.2) is 4.98 Å². The summed E-state index contributed by atoms with van der Waals surface area (Å²) in [6.45, 7) is 6.03. The molecule has 3 aromatic rings. The van der Waals surface area contributed by atoms with Gasteiger partial charge in [0.1, 0.15) is 11.6 Å². The van der Waals surface area contributed by atoms with Gasteiger partial charge in [0.15, 0.2) is 0 Å². The maximum absolute atomic E-state index is 5.39. The third-order valence-electron chi connectivity index (χ3n) is 3.75. The fraction of sp³-hybridized carbons (Fsp3) is 0.353. The van der Waals surface area contributed by atoms with Crippen LogP contribution in [0.4, 0.5) is 0 Å². The van der Waals surface area contributed by atoms with Gasteiger partial charge in [0, 0.05) is 19.0 Å². The second kappa shape index (κ2) is 6.14. The number of para-hydroxylation sites is 2. The van der Waals surface area contributed by atoms with Gasteiger partial charge in [-0.2, -0.15) is 0 Å². The highest BCUT2D eigenvalue weighted by Gasteiger charge is 2.11. The van der Waals surface area contributed by atoms with E-state index in [-0.39, 0.29) is 0 Å². The molecule has 1 N–H and O–H groups in total. The van der Waals surface area contributed by atoms with Crippen molar-refractivity contribution < 1.29 is 4.42 Å². The van der Waals surface area contributed by atoms with Gasteiger partial charge in [0.05, 0.1) is 23.8 Å². The van der Waals surface area contributed by atoms with Gasteiger partial charge < -0.3 is 14.3 Å². The molecule has 0 radical (unpaired) electrons. The van der Waals surface area contributed by atoms with Crippen molar-refractivity contribution in [1.82, 2.24) is 14.9 Å². The molecule has 1 aromatic carbocycles. The molecule has 0 aliphatic rings. The van der Waals surface area contributed by atoms with Gasteiger partial charge in [0.25, 0.3) is 0 Å². The first kappa shape index (κ1) is 13.9. The van der Waals surface area contributed by atoms with Crippen molar-refractivity contribution in [3.8, 4) is 0 Å². The third-order valence-corrected chi connectivity index (χ3v) is 3.75. The van der Waals surface area contributed by atoms with Crippen LogP contribution >= 0.6 is 0 Å². The summed E-state index contributed by atoms with van der Waals surface area (Å²) in [7, 11) is 0. The Morgan fingerprint density at radius 1 is 1.24 bits per heavy atom. The molecular formula is C17H21N3O. The van der Waals surface area contributed by atoms with Gasteiger partial charge in [-0.3, -0.25) is 0 Å². The van der Waals surface area contributed by atoms with E-state index in [1.165, 1.54) is 5.52 Å². The fourth-order valence-corrected chi connectivity index (χ4v) is 2.68. The number of benzene rings is 1. The summed E-state index contributed by atoms with van der Waals surface area (Å²) < 4.78 is 7.65. The Morgan fingerprint density at radius 2 is 2.10 bits per heavy atom. The first-order valence-electron chi connectivity index (χ1n) is 7.48. The second-order valence-electron chi connectivity index (χ2n) is 5.33. The van der Waals surface area contributed by atoms with Crippen molar-refractivity contribution in [1.29, 1.82) is 0 Å². The summed E-state index contributed by atoms with van der Waals surface area (Å²) in [5, 5.41) is 3.53. The Hall–Kier alpha value is -2.07. The monoisotopic (exact) mass is 283 g/mol. The van der Waals surface area contributed by atoms with E-state index in [1.807, 2.05) is 18.2 Å². The van der Waals surface area contributed by atoms with Crippen LogP contribution in [0.15, 0.2) is 47.1 Å². The van der Waals surface area contributed by atoms with E-state index in [2.05, 4.69) is 41.9 Å². The van der Waals surface area contributed by atoms with Gasteiger partial charge in [-0.1, -0.05) is 12.1 Å². The lowest BCUT2D eigenvalue weighted by atomic mass is 10.2. The van der Waals surface area contributed by atoms with Crippen LogP contribution in [0, 0.1) is 0 Å². The molecule has 0 fully saturated rings. The number of aryl methyl sites for hydroxylation is 1. The Morgan fingerprint density at radius 3 is 2.86 bits per heavy atom. The van der Waals surface area contributed by atoms with Crippen molar-refractivity contribution in [3.63, 3.8) is 0 Å². The molecule has 0 unspecified atom stereocenters. The predicted octanol–water partition coefficient (Wildman–Crippen LogP) is 3.37. The number of fused-ring (bicyclic) bond motifs is 1. The highest BCUT2D eigenvalue weighted by molar-refractivity contribution is 5.75. The quantitative estimate of drug-likeness (QED) is 0.754. The molecule has 21 heavy (non-hydrogen) atoms. The summed E-state index contributed by atoms with van der Waals surface area (Å²) in [6, 6.07) is 12.6.